The molecule has 88 valence electrons. The maximum Gasteiger partial charge on any atom is 0.320 e. The van der Waals surface area contributed by atoms with Gasteiger partial charge in [-0.05, 0) is 33.0 Å². The van der Waals surface area contributed by atoms with Gasteiger partial charge in [-0.3, -0.25) is 14.7 Å². The number of likely N-dealkylation sites (N-methyl/N-ethyl adjacent to an activating group) is 1. The van der Waals surface area contributed by atoms with Gasteiger partial charge in [0.15, 0.2) is 0 Å². The van der Waals surface area contributed by atoms with Crippen molar-refractivity contribution in [2.45, 2.75) is 20.4 Å². The number of rotatable bonds is 5. The maximum absolute atomic E-state index is 11.2. The largest absolute Gasteiger partial charge is 0.465 e. The Balaban J connectivity index is 2.45. The van der Waals surface area contributed by atoms with Crippen LogP contribution >= 0.6 is 0 Å². The quantitative estimate of drug-likeness (QED) is 0.706. The molecule has 0 bridgehead atoms. The normalized spacial score (nSPS) is 10.5. The summed E-state index contributed by atoms with van der Waals surface area (Å²) in [6, 6.07) is 5.87. The Morgan fingerprint density at radius 1 is 1.50 bits per heavy atom. The average molecular weight is 222 g/mol. The molecule has 16 heavy (non-hydrogen) atoms. The van der Waals surface area contributed by atoms with Gasteiger partial charge >= 0.3 is 5.97 Å². The molecule has 0 aliphatic heterocycles. The van der Waals surface area contributed by atoms with E-state index in [9.17, 15) is 4.79 Å². The van der Waals surface area contributed by atoms with Crippen molar-refractivity contribution in [2.75, 3.05) is 20.2 Å². The minimum Gasteiger partial charge on any atom is -0.465 e. The van der Waals surface area contributed by atoms with Crippen LogP contribution in [0.15, 0.2) is 18.2 Å². The molecule has 1 aromatic rings. The van der Waals surface area contributed by atoms with Gasteiger partial charge in [-0.15, -0.1) is 0 Å². The third-order valence-electron chi connectivity index (χ3n) is 2.08. The maximum atomic E-state index is 11.2. The van der Waals surface area contributed by atoms with E-state index in [4.69, 9.17) is 4.74 Å². The molecular formula is C12H18N2O2. The van der Waals surface area contributed by atoms with Crippen LogP contribution in [0.1, 0.15) is 18.3 Å². The number of nitrogens with zero attached hydrogens (tertiary/aromatic N) is 2. The van der Waals surface area contributed by atoms with Crippen LogP contribution in [0, 0.1) is 6.92 Å². The van der Waals surface area contributed by atoms with Crippen molar-refractivity contribution >= 4 is 5.97 Å². The van der Waals surface area contributed by atoms with Gasteiger partial charge in [-0.1, -0.05) is 6.07 Å². The summed E-state index contributed by atoms with van der Waals surface area (Å²) in [5, 5.41) is 0. The topological polar surface area (TPSA) is 42.4 Å². The first-order chi connectivity index (χ1) is 7.61. The lowest BCUT2D eigenvalue weighted by molar-refractivity contribution is -0.144. The molecule has 4 nitrogen and oxygen atoms in total. The van der Waals surface area contributed by atoms with Gasteiger partial charge in [-0.25, -0.2) is 0 Å². The highest BCUT2D eigenvalue weighted by Crippen LogP contribution is 2.01. The predicted molar refractivity (Wildman–Crippen MR) is 61.9 cm³/mol. The summed E-state index contributed by atoms with van der Waals surface area (Å²) in [5.74, 6) is -0.197. The molecule has 0 unspecified atom stereocenters. The van der Waals surface area contributed by atoms with Crippen LogP contribution in [0.4, 0.5) is 0 Å². The first-order valence-corrected chi connectivity index (χ1v) is 5.38. The van der Waals surface area contributed by atoms with Gasteiger partial charge in [0, 0.05) is 12.2 Å². The second kappa shape index (κ2) is 6.23. The zero-order valence-electron chi connectivity index (χ0n) is 10.1. The molecule has 0 spiro atoms. The molecule has 4 heteroatoms. The second-order valence-electron chi connectivity index (χ2n) is 3.75. The third-order valence-corrected chi connectivity index (χ3v) is 2.08. The standard InChI is InChI=1S/C12H18N2O2/c1-4-16-12(15)9-14(3)8-11-7-5-6-10(2)13-11/h5-7H,4,8-9H2,1-3H3. The van der Waals surface area contributed by atoms with E-state index in [1.165, 1.54) is 0 Å². The Bertz CT molecular complexity index is 353. The molecule has 0 amide bonds. The fraction of sp³-hybridized carbons (Fsp3) is 0.500. The smallest absolute Gasteiger partial charge is 0.320 e. The van der Waals surface area contributed by atoms with E-state index in [0.29, 0.717) is 19.7 Å². The Morgan fingerprint density at radius 3 is 2.88 bits per heavy atom. The molecule has 1 rings (SSSR count). The van der Waals surface area contributed by atoms with Crippen LogP contribution in [0.5, 0.6) is 0 Å². The molecule has 0 saturated heterocycles. The second-order valence-corrected chi connectivity index (χ2v) is 3.75. The summed E-state index contributed by atoms with van der Waals surface area (Å²) in [4.78, 5) is 17.5. The number of carbonyl (C=O) groups excluding carboxylic acids is 1. The lowest BCUT2D eigenvalue weighted by atomic mass is 10.3. The van der Waals surface area contributed by atoms with Crippen LogP contribution in [0.25, 0.3) is 0 Å². The van der Waals surface area contributed by atoms with Crippen molar-refractivity contribution < 1.29 is 9.53 Å². The number of hydrogen-bond acceptors (Lipinski definition) is 4. The number of pyridine rings is 1. The molecule has 1 aromatic heterocycles. The van der Waals surface area contributed by atoms with Gasteiger partial charge in [0.25, 0.3) is 0 Å². The zero-order valence-corrected chi connectivity index (χ0v) is 10.1. The minimum atomic E-state index is -0.197. The van der Waals surface area contributed by atoms with Crippen LogP contribution in [0.2, 0.25) is 0 Å². The summed E-state index contributed by atoms with van der Waals surface area (Å²) >= 11 is 0. The van der Waals surface area contributed by atoms with Gasteiger partial charge in [0.1, 0.15) is 0 Å². The SMILES string of the molecule is CCOC(=O)CN(C)Cc1cccc(C)n1. The Morgan fingerprint density at radius 2 is 2.25 bits per heavy atom. The van der Waals surface area contributed by atoms with Crippen LogP contribution in [0.3, 0.4) is 0 Å². The molecule has 0 saturated carbocycles. The molecule has 0 radical (unpaired) electrons. The highest BCUT2D eigenvalue weighted by atomic mass is 16.5. The van der Waals surface area contributed by atoms with E-state index >= 15 is 0 Å². The predicted octanol–water partition coefficient (Wildman–Crippen LogP) is 1.38. The summed E-state index contributed by atoms with van der Waals surface area (Å²) in [6.45, 7) is 5.13. The number of carbonyl (C=O) groups is 1. The number of esters is 1. The Kier molecular flexibility index (Phi) is 4.92. The van der Waals surface area contributed by atoms with Gasteiger partial charge in [0.2, 0.25) is 0 Å². The van der Waals surface area contributed by atoms with Crippen molar-refractivity contribution in [3.05, 3.63) is 29.6 Å². The van der Waals surface area contributed by atoms with Crippen molar-refractivity contribution in [3.63, 3.8) is 0 Å². The van der Waals surface area contributed by atoms with Gasteiger partial charge < -0.3 is 4.74 Å². The van der Waals surface area contributed by atoms with E-state index in [-0.39, 0.29) is 5.97 Å². The average Bonchev–Trinajstić information content (AvgIpc) is 2.17. The van der Waals surface area contributed by atoms with E-state index < -0.39 is 0 Å². The van der Waals surface area contributed by atoms with E-state index in [1.807, 2.05) is 37.1 Å². The van der Waals surface area contributed by atoms with Crippen LogP contribution in [-0.2, 0) is 16.1 Å². The molecule has 0 aliphatic rings. The number of aryl methyl sites for hydroxylation is 1. The first kappa shape index (κ1) is 12.6. The molecule has 0 atom stereocenters. The van der Waals surface area contributed by atoms with Crippen molar-refractivity contribution in [1.82, 2.24) is 9.88 Å². The lowest BCUT2D eigenvalue weighted by Gasteiger charge is -2.15. The summed E-state index contributed by atoms with van der Waals surface area (Å²) < 4.78 is 4.87. The first-order valence-electron chi connectivity index (χ1n) is 5.38. The van der Waals surface area contributed by atoms with Crippen LogP contribution in [-0.4, -0.2) is 36.1 Å². The van der Waals surface area contributed by atoms with Crippen molar-refractivity contribution in [1.29, 1.82) is 0 Å². The number of hydrogen-bond donors (Lipinski definition) is 0. The number of ether oxygens (including phenoxy) is 1. The molecule has 1 heterocycles. The van der Waals surface area contributed by atoms with E-state index in [2.05, 4.69) is 4.98 Å². The number of aromatic nitrogens is 1. The highest BCUT2D eigenvalue weighted by Gasteiger charge is 2.08. The monoisotopic (exact) mass is 222 g/mol. The third kappa shape index (κ3) is 4.40. The van der Waals surface area contributed by atoms with Gasteiger partial charge in [-0.2, -0.15) is 0 Å². The fourth-order valence-corrected chi connectivity index (χ4v) is 1.45. The molecule has 0 aromatic carbocycles. The summed E-state index contributed by atoms with van der Waals surface area (Å²) in [6.07, 6.45) is 0. The minimum absolute atomic E-state index is 0.197. The molecule has 0 fully saturated rings. The molecule has 0 aliphatic carbocycles. The van der Waals surface area contributed by atoms with Crippen LogP contribution < -0.4 is 0 Å². The highest BCUT2D eigenvalue weighted by molar-refractivity contribution is 5.71. The Labute approximate surface area is 96.2 Å². The Hall–Kier alpha value is -1.42. The summed E-state index contributed by atoms with van der Waals surface area (Å²) in [7, 11) is 1.88. The van der Waals surface area contributed by atoms with E-state index in [1.54, 1.807) is 6.92 Å². The molecular weight excluding hydrogens is 204 g/mol. The van der Waals surface area contributed by atoms with Crippen molar-refractivity contribution in [2.24, 2.45) is 0 Å². The lowest BCUT2D eigenvalue weighted by Crippen LogP contribution is -2.27. The van der Waals surface area contributed by atoms with Crippen molar-refractivity contribution in [3.8, 4) is 0 Å². The van der Waals surface area contributed by atoms with E-state index in [0.717, 1.165) is 11.4 Å². The fourth-order valence-electron chi connectivity index (χ4n) is 1.45. The molecule has 0 N–H and O–H groups in total. The summed E-state index contributed by atoms with van der Waals surface area (Å²) in [5.41, 5.74) is 1.95. The van der Waals surface area contributed by atoms with Gasteiger partial charge in [0.05, 0.1) is 18.8 Å². The zero-order chi connectivity index (χ0) is 12.0.